The van der Waals surface area contributed by atoms with Crippen LogP contribution < -0.4 is 36.8 Å². The number of ether oxygens (including phenoxy) is 4. The molecule has 576 valence electrons. The summed E-state index contributed by atoms with van der Waals surface area (Å²) < 4.78 is 19.8. The molecule has 5 heterocycles. The lowest BCUT2D eigenvalue weighted by Gasteiger charge is -2.20. The Balaban J connectivity index is 0.000000167. The first kappa shape index (κ1) is 81.7. The van der Waals surface area contributed by atoms with Crippen LogP contribution in [0.25, 0.3) is 33.6 Å². The zero-order valence-corrected chi connectivity index (χ0v) is 64.8. The number of nitrogens with zero attached hydrogens (tertiary/aromatic N) is 5. The van der Waals surface area contributed by atoms with E-state index >= 15 is 0 Å². The van der Waals surface area contributed by atoms with Crippen LogP contribution in [0.3, 0.4) is 0 Å². The fourth-order valence-corrected chi connectivity index (χ4v) is 13.8. The fourth-order valence-electron chi connectivity index (χ4n) is 13.8. The van der Waals surface area contributed by atoms with Gasteiger partial charge in [-0.05, 0) is 185 Å². The molecule has 0 bridgehead atoms. The number of rotatable bonds is 18. The molecule has 9 aromatic rings. The smallest absolute Gasteiger partial charge is 0.337 e. The molecular weight excluding hydrogens is 1440 g/mol. The number of methoxy groups -OCH3 is 4. The number of nitrogens with two attached hydrogens (primary N) is 1. The van der Waals surface area contributed by atoms with Gasteiger partial charge < -0.3 is 70.4 Å². The number of nitrogens with one attached hydrogen (secondary N) is 4. The number of allylic oxidation sites excluding steroid dienone is 2. The van der Waals surface area contributed by atoms with Gasteiger partial charge in [0.15, 0.2) is 0 Å². The van der Waals surface area contributed by atoms with Crippen molar-refractivity contribution in [3.8, 4) is 0 Å². The van der Waals surface area contributed by atoms with E-state index in [1.165, 1.54) is 28.4 Å². The third-order valence-electron chi connectivity index (χ3n) is 18.9. The average molecular weight is 1530 g/mol. The van der Waals surface area contributed by atoms with Crippen molar-refractivity contribution < 1.29 is 62.1 Å². The standard InChI is InChI=1S/2C30H29N3O4.C18H15NO4.C10H15N3O.ClH/c2*1-32(2)18-27(34)33-14-13-21-15-19(9-12-26(21)33)16-24(20-7-5-4-6-8-20)28-23-11-10-22(30(36)37-3)17-25(23)31-29(28)35;1-22-16(11-6-4-3-5-7-11)15-13-9-8-12(18(21)23-2)10-14(13)19-17(15)20;1-13(2)7-10(14)12-9-5-3-8(11)4-6-9;/h2*4-12,15,17H,13-14,16,18H2,1-3H3,(H,31,35);3-10H,1-2H3,(H,19,20);3-6H,7,11H2,1-2H3,(H,12,14);1H/b2*28-24+;16-15-;;. The largest absolute Gasteiger partial charge is 0.495 e. The van der Waals surface area contributed by atoms with Crippen molar-refractivity contribution in [2.24, 2.45) is 0 Å². The van der Waals surface area contributed by atoms with Crippen LogP contribution in [0, 0.1) is 0 Å². The number of nitrogen functional groups attached to an aromatic ring is 1. The molecule has 0 fully saturated rings. The predicted octanol–water partition coefficient (Wildman–Crippen LogP) is 12.2. The second-order valence-corrected chi connectivity index (χ2v) is 27.6. The van der Waals surface area contributed by atoms with Crippen molar-refractivity contribution in [1.29, 1.82) is 0 Å². The van der Waals surface area contributed by atoms with Gasteiger partial charge in [-0.15, -0.1) is 12.4 Å². The Hall–Kier alpha value is -12.8. The number of hydrogen-bond acceptors (Lipinski definition) is 17. The molecule has 0 saturated carbocycles. The number of anilines is 7. The van der Waals surface area contributed by atoms with Gasteiger partial charge in [-0.1, -0.05) is 133 Å². The summed E-state index contributed by atoms with van der Waals surface area (Å²) in [6, 6.07) is 63.9. The average Bonchev–Trinajstić information content (AvgIpc) is 1.62. The van der Waals surface area contributed by atoms with Crippen molar-refractivity contribution >= 4 is 139 Å². The summed E-state index contributed by atoms with van der Waals surface area (Å²) in [5, 5.41) is 11.4. The quantitative estimate of drug-likeness (QED) is 0.0175. The first-order valence-electron chi connectivity index (χ1n) is 35.9. The number of fused-ring (bicyclic) bond motifs is 5. The van der Waals surface area contributed by atoms with Crippen LogP contribution >= 0.6 is 12.4 Å². The Bertz CT molecular complexity index is 4960. The summed E-state index contributed by atoms with van der Waals surface area (Å²) in [7, 11) is 16.8. The minimum atomic E-state index is -0.450. The molecule has 0 spiro atoms. The molecule has 0 aromatic heterocycles. The molecule has 0 aliphatic carbocycles. The molecular formula is C88H89ClN10O13. The highest BCUT2D eigenvalue weighted by atomic mass is 35.5. The van der Waals surface area contributed by atoms with Crippen LogP contribution in [-0.2, 0) is 73.4 Å². The van der Waals surface area contributed by atoms with E-state index in [0.29, 0.717) is 113 Å². The Morgan fingerprint density at radius 3 is 1.12 bits per heavy atom. The maximum absolute atomic E-state index is 13.2. The van der Waals surface area contributed by atoms with E-state index in [2.05, 4.69) is 33.4 Å². The van der Waals surface area contributed by atoms with Gasteiger partial charge in [0, 0.05) is 69.5 Å². The van der Waals surface area contributed by atoms with Gasteiger partial charge in [-0.2, -0.15) is 0 Å². The third kappa shape index (κ3) is 19.2. The van der Waals surface area contributed by atoms with E-state index in [-0.39, 0.29) is 47.9 Å². The Kier molecular flexibility index (Phi) is 27.0. The van der Waals surface area contributed by atoms with Crippen LogP contribution in [-0.4, -0.2) is 171 Å². The second kappa shape index (κ2) is 37.1. The second-order valence-electron chi connectivity index (χ2n) is 27.6. The monoisotopic (exact) mass is 1530 g/mol. The molecule has 23 nitrogen and oxygen atoms in total. The Morgan fingerprint density at radius 2 is 0.768 bits per heavy atom. The van der Waals surface area contributed by atoms with Crippen LogP contribution in [0.5, 0.6) is 0 Å². The SMILES string of the molecule is CN(C)CC(=O)Nc1ccc(N)cc1.COC(=O)c1ccc2c(c1)NC(=O)/C2=C(\Cc1ccc2c(c1)CCN2C(=O)CN(C)C)c1ccccc1.COC(=O)c1ccc2c(c1)NC(=O)/C2=C(\Cc1ccc2c(c1)CCN2C(=O)CN(C)C)c1ccccc1.COC(=O)c1ccc2c(c1)NC(=O)/C2=C(\OC)c1ccccc1.Cl. The lowest BCUT2D eigenvalue weighted by atomic mass is 9.89. The molecule has 0 unspecified atom stereocenters. The van der Waals surface area contributed by atoms with E-state index in [9.17, 15) is 43.2 Å². The number of carbonyl (C=O) groups is 9. The number of benzene rings is 9. The maximum Gasteiger partial charge on any atom is 0.337 e. The third-order valence-corrected chi connectivity index (χ3v) is 18.9. The molecule has 6 amide bonds. The van der Waals surface area contributed by atoms with Crippen LogP contribution in [0.15, 0.2) is 206 Å². The van der Waals surface area contributed by atoms with E-state index in [4.69, 9.17) is 24.7 Å². The number of halogens is 1. The molecule has 5 aliphatic rings. The summed E-state index contributed by atoms with van der Waals surface area (Å²) in [6.45, 7) is 2.48. The summed E-state index contributed by atoms with van der Waals surface area (Å²) in [4.78, 5) is 120. The Labute approximate surface area is 657 Å². The van der Waals surface area contributed by atoms with E-state index in [0.717, 1.165) is 91.1 Å². The van der Waals surface area contributed by atoms with Crippen molar-refractivity contribution in [3.05, 3.63) is 279 Å². The highest BCUT2D eigenvalue weighted by molar-refractivity contribution is 6.38. The van der Waals surface area contributed by atoms with Gasteiger partial charge >= 0.3 is 17.9 Å². The summed E-state index contributed by atoms with van der Waals surface area (Å²) in [5.74, 6) is -1.36. The Morgan fingerprint density at radius 1 is 0.411 bits per heavy atom. The van der Waals surface area contributed by atoms with Crippen molar-refractivity contribution in [2.45, 2.75) is 25.7 Å². The highest BCUT2D eigenvalue weighted by Crippen LogP contribution is 2.43. The summed E-state index contributed by atoms with van der Waals surface area (Å²) in [5.41, 5.74) is 24.6. The molecule has 9 aromatic carbocycles. The molecule has 6 N–H and O–H groups in total. The zero-order chi connectivity index (χ0) is 79.2. The number of esters is 3. The van der Waals surface area contributed by atoms with Gasteiger partial charge in [0.25, 0.3) is 17.7 Å². The molecule has 5 aliphatic heterocycles. The minimum absolute atomic E-state index is 0. The van der Waals surface area contributed by atoms with E-state index in [1.807, 2.05) is 182 Å². The van der Waals surface area contributed by atoms with Gasteiger partial charge in [-0.25, -0.2) is 14.4 Å². The van der Waals surface area contributed by atoms with Crippen molar-refractivity contribution in [2.75, 3.05) is 140 Å². The van der Waals surface area contributed by atoms with Crippen molar-refractivity contribution in [1.82, 2.24) is 14.7 Å². The number of carbonyl (C=O) groups excluding carboxylic acids is 9. The lowest BCUT2D eigenvalue weighted by Crippen LogP contribution is -2.36. The molecule has 0 radical (unpaired) electrons. The summed E-state index contributed by atoms with van der Waals surface area (Å²) in [6.07, 6.45) is 2.70. The number of likely N-dealkylation sites (N-methyl/N-ethyl adjacent to an activating group) is 3. The molecule has 112 heavy (non-hydrogen) atoms. The molecule has 0 atom stereocenters. The van der Waals surface area contributed by atoms with Crippen LogP contribution in [0.1, 0.15) is 86.7 Å². The van der Waals surface area contributed by atoms with Gasteiger partial charge in [0.2, 0.25) is 17.7 Å². The first-order chi connectivity index (χ1) is 53.4. The molecule has 0 saturated heterocycles. The van der Waals surface area contributed by atoms with Crippen molar-refractivity contribution in [3.63, 3.8) is 0 Å². The first-order valence-corrected chi connectivity index (χ1v) is 35.9. The predicted molar refractivity (Wildman–Crippen MR) is 441 cm³/mol. The van der Waals surface area contributed by atoms with Crippen LogP contribution in [0.4, 0.5) is 39.8 Å². The number of hydrogen-bond donors (Lipinski definition) is 5. The molecule has 14 rings (SSSR count). The maximum atomic E-state index is 13.2. The zero-order valence-electron chi connectivity index (χ0n) is 64.0. The topological polar surface area (TPSA) is 281 Å². The van der Waals surface area contributed by atoms with Gasteiger partial charge in [0.05, 0.1) is 87.2 Å². The summed E-state index contributed by atoms with van der Waals surface area (Å²) >= 11 is 0. The van der Waals surface area contributed by atoms with Gasteiger partial charge in [-0.3, -0.25) is 28.8 Å². The molecule has 24 heteroatoms. The highest BCUT2D eigenvalue weighted by Gasteiger charge is 2.34. The fraction of sp³-hybridized carbons (Fsp3) is 0.216. The van der Waals surface area contributed by atoms with Gasteiger partial charge in [0.1, 0.15) is 5.76 Å². The van der Waals surface area contributed by atoms with Crippen LogP contribution in [0.2, 0.25) is 0 Å². The van der Waals surface area contributed by atoms with E-state index < -0.39 is 17.9 Å². The van der Waals surface area contributed by atoms with E-state index in [1.54, 1.807) is 78.9 Å². The number of amides is 6. The minimum Gasteiger partial charge on any atom is -0.495 e. The normalized spacial score (nSPS) is 14.5. The lowest BCUT2D eigenvalue weighted by molar-refractivity contribution is -0.119.